The van der Waals surface area contributed by atoms with Crippen molar-refractivity contribution in [2.24, 2.45) is 11.3 Å². The minimum absolute atomic E-state index is 0.0327. The quantitative estimate of drug-likeness (QED) is 0.709. The van der Waals surface area contributed by atoms with Gasteiger partial charge in [0, 0.05) is 19.0 Å². The van der Waals surface area contributed by atoms with E-state index in [9.17, 15) is 17.6 Å². The summed E-state index contributed by atoms with van der Waals surface area (Å²) in [5, 5.41) is 3.19. The molecule has 1 unspecified atom stereocenters. The molecule has 5 nitrogen and oxygen atoms in total. The zero-order valence-electron chi connectivity index (χ0n) is 18.3. The van der Waals surface area contributed by atoms with E-state index in [2.05, 4.69) is 26.1 Å². The summed E-state index contributed by atoms with van der Waals surface area (Å²) in [7, 11) is -3.91. The van der Waals surface area contributed by atoms with Crippen LogP contribution in [0.15, 0.2) is 59.5 Å². The number of carbonyl (C=O) groups is 1. The Labute approximate surface area is 184 Å². The summed E-state index contributed by atoms with van der Waals surface area (Å²) >= 11 is 0. The van der Waals surface area contributed by atoms with Gasteiger partial charge in [0.1, 0.15) is 10.7 Å². The third-order valence-electron chi connectivity index (χ3n) is 5.61. The summed E-state index contributed by atoms with van der Waals surface area (Å²) in [6.07, 6.45) is 1.62. The molecule has 0 aromatic heterocycles. The number of benzene rings is 2. The highest BCUT2D eigenvalue weighted by atomic mass is 32.2. The Kier molecular flexibility index (Phi) is 7.17. The minimum Gasteiger partial charge on any atom is -0.349 e. The van der Waals surface area contributed by atoms with Crippen molar-refractivity contribution in [1.82, 2.24) is 9.62 Å². The second-order valence-electron chi connectivity index (χ2n) is 9.35. The smallest absolute Gasteiger partial charge is 0.245 e. The molecule has 2 aromatic rings. The lowest BCUT2D eigenvalue weighted by molar-refractivity contribution is -0.127. The van der Waals surface area contributed by atoms with E-state index in [0.29, 0.717) is 12.8 Å². The molecule has 168 valence electrons. The van der Waals surface area contributed by atoms with Gasteiger partial charge in [-0.3, -0.25) is 4.79 Å². The minimum atomic E-state index is -3.91. The molecule has 1 aliphatic rings. The zero-order valence-corrected chi connectivity index (χ0v) is 19.2. The average Bonchev–Trinajstić information content (AvgIpc) is 2.73. The van der Waals surface area contributed by atoms with Crippen molar-refractivity contribution in [2.45, 2.75) is 51.0 Å². The maximum absolute atomic E-state index is 14.0. The van der Waals surface area contributed by atoms with E-state index in [0.717, 1.165) is 18.1 Å². The van der Waals surface area contributed by atoms with Crippen molar-refractivity contribution in [3.63, 3.8) is 0 Å². The van der Waals surface area contributed by atoms with Gasteiger partial charge in [-0.25, -0.2) is 12.8 Å². The predicted molar refractivity (Wildman–Crippen MR) is 119 cm³/mol. The van der Waals surface area contributed by atoms with Crippen molar-refractivity contribution in [2.75, 3.05) is 13.1 Å². The molecule has 0 spiro atoms. The molecule has 1 fully saturated rings. The Hall–Kier alpha value is -2.25. The Bertz CT molecular complexity index is 995. The summed E-state index contributed by atoms with van der Waals surface area (Å²) in [5.41, 5.74) is 1.09. The molecule has 1 N–H and O–H groups in total. The number of sulfonamides is 1. The van der Waals surface area contributed by atoms with E-state index in [1.807, 2.05) is 30.3 Å². The van der Waals surface area contributed by atoms with Gasteiger partial charge < -0.3 is 5.32 Å². The fourth-order valence-corrected chi connectivity index (χ4v) is 5.53. The molecule has 2 aromatic carbocycles. The summed E-state index contributed by atoms with van der Waals surface area (Å²) in [4.78, 5) is 12.7. The molecule has 0 bridgehead atoms. The molecule has 0 aliphatic carbocycles. The van der Waals surface area contributed by atoms with Gasteiger partial charge in [-0.1, -0.05) is 63.2 Å². The van der Waals surface area contributed by atoms with Crippen LogP contribution in [0.3, 0.4) is 0 Å². The summed E-state index contributed by atoms with van der Waals surface area (Å²) in [5.74, 6) is -1.07. The highest BCUT2D eigenvalue weighted by Gasteiger charge is 2.34. The van der Waals surface area contributed by atoms with Gasteiger partial charge in [0.2, 0.25) is 15.9 Å². The first-order valence-corrected chi connectivity index (χ1v) is 12.1. The molecule has 7 heteroatoms. The first-order valence-electron chi connectivity index (χ1n) is 10.7. The van der Waals surface area contributed by atoms with Gasteiger partial charge in [-0.15, -0.1) is 0 Å². The maximum atomic E-state index is 14.0. The maximum Gasteiger partial charge on any atom is 0.245 e. The molecule has 3 rings (SSSR count). The molecule has 0 radical (unpaired) electrons. The number of rotatable bonds is 6. The lowest BCUT2D eigenvalue weighted by Gasteiger charge is -2.33. The fraction of sp³-hybridized carbons (Fsp3) is 0.458. The molecule has 1 saturated heterocycles. The van der Waals surface area contributed by atoms with Gasteiger partial charge in [-0.2, -0.15) is 4.31 Å². The topological polar surface area (TPSA) is 66.5 Å². The molecule has 1 heterocycles. The number of piperidine rings is 1. The van der Waals surface area contributed by atoms with Gasteiger partial charge in [0.05, 0.1) is 6.04 Å². The van der Waals surface area contributed by atoms with Crippen molar-refractivity contribution in [3.8, 4) is 0 Å². The Morgan fingerprint density at radius 2 is 1.65 bits per heavy atom. The van der Waals surface area contributed by atoms with Gasteiger partial charge in [0.15, 0.2) is 0 Å². The van der Waals surface area contributed by atoms with Crippen LogP contribution in [-0.4, -0.2) is 31.7 Å². The summed E-state index contributed by atoms with van der Waals surface area (Å²) in [6.45, 7) is 6.82. The van der Waals surface area contributed by atoms with Crippen molar-refractivity contribution in [1.29, 1.82) is 0 Å². The van der Waals surface area contributed by atoms with Crippen LogP contribution in [0, 0.1) is 17.2 Å². The molecular weight excluding hydrogens is 415 g/mol. The largest absolute Gasteiger partial charge is 0.349 e. The van der Waals surface area contributed by atoms with E-state index in [-0.39, 0.29) is 41.3 Å². The average molecular weight is 447 g/mol. The Morgan fingerprint density at radius 3 is 2.23 bits per heavy atom. The van der Waals surface area contributed by atoms with E-state index in [1.54, 1.807) is 0 Å². The standard InChI is InChI=1S/C24H31FN2O3S/c1-24(2,3)17-21(18-9-5-4-6-10-18)26-23(28)19-13-15-27(16-14-19)31(29,30)22-12-8-7-11-20(22)25/h4-12,19,21H,13-17H2,1-3H3,(H,26,28). The van der Waals surface area contributed by atoms with E-state index < -0.39 is 15.8 Å². The Balaban J connectivity index is 1.66. The van der Waals surface area contributed by atoms with Crippen LogP contribution in [0.1, 0.15) is 51.6 Å². The first-order chi connectivity index (χ1) is 14.6. The molecule has 1 aliphatic heterocycles. The van der Waals surface area contributed by atoms with Crippen LogP contribution < -0.4 is 5.32 Å². The second-order valence-corrected chi connectivity index (χ2v) is 11.3. The van der Waals surface area contributed by atoms with Gasteiger partial charge >= 0.3 is 0 Å². The van der Waals surface area contributed by atoms with E-state index in [4.69, 9.17) is 0 Å². The zero-order chi connectivity index (χ0) is 22.6. The van der Waals surface area contributed by atoms with Crippen molar-refractivity contribution < 1.29 is 17.6 Å². The Morgan fingerprint density at radius 1 is 1.06 bits per heavy atom. The van der Waals surface area contributed by atoms with Crippen LogP contribution in [0.25, 0.3) is 0 Å². The van der Waals surface area contributed by atoms with Crippen LogP contribution in [0.4, 0.5) is 4.39 Å². The first kappa shape index (κ1) is 23.4. The molecule has 1 amide bonds. The third-order valence-corrected chi connectivity index (χ3v) is 7.55. The number of halogens is 1. The van der Waals surface area contributed by atoms with Crippen LogP contribution in [0.2, 0.25) is 0 Å². The lowest BCUT2D eigenvalue weighted by atomic mass is 9.85. The predicted octanol–water partition coefficient (Wildman–Crippen LogP) is 4.52. The number of nitrogens with one attached hydrogen (secondary N) is 1. The molecular formula is C24H31FN2O3S. The monoisotopic (exact) mass is 446 g/mol. The fourth-order valence-electron chi connectivity index (χ4n) is 3.99. The second kappa shape index (κ2) is 9.49. The number of amides is 1. The number of carbonyl (C=O) groups excluding carboxylic acids is 1. The number of nitrogens with zero attached hydrogens (tertiary/aromatic N) is 1. The summed E-state index contributed by atoms with van der Waals surface area (Å²) in [6, 6.07) is 15.2. The number of hydrogen-bond acceptors (Lipinski definition) is 3. The van der Waals surface area contributed by atoms with Crippen LogP contribution >= 0.6 is 0 Å². The van der Waals surface area contributed by atoms with Crippen LogP contribution in [0.5, 0.6) is 0 Å². The summed E-state index contributed by atoms with van der Waals surface area (Å²) < 4.78 is 40.9. The van der Waals surface area contributed by atoms with E-state index in [1.165, 1.54) is 22.5 Å². The highest BCUT2D eigenvalue weighted by molar-refractivity contribution is 7.89. The highest BCUT2D eigenvalue weighted by Crippen LogP contribution is 2.31. The van der Waals surface area contributed by atoms with Gasteiger partial charge in [0.25, 0.3) is 0 Å². The van der Waals surface area contributed by atoms with Crippen LogP contribution in [-0.2, 0) is 14.8 Å². The lowest BCUT2D eigenvalue weighted by Crippen LogP contribution is -2.44. The number of hydrogen-bond donors (Lipinski definition) is 1. The molecule has 0 saturated carbocycles. The van der Waals surface area contributed by atoms with E-state index >= 15 is 0 Å². The van der Waals surface area contributed by atoms with Crippen molar-refractivity contribution in [3.05, 3.63) is 66.0 Å². The third kappa shape index (κ3) is 5.92. The van der Waals surface area contributed by atoms with Gasteiger partial charge in [-0.05, 0) is 42.4 Å². The molecule has 1 atom stereocenters. The van der Waals surface area contributed by atoms with Crippen molar-refractivity contribution >= 4 is 15.9 Å². The normalized spacial score (nSPS) is 17.3. The molecule has 31 heavy (non-hydrogen) atoms. The SMILES string of the molecule is CC(C)(C)CC(NC(=O)C1CCN(S(=O)(=O)c2ccccc2F)CC1)c1ccccc1.